The van der Waals surface area contributed by atoms with Crippen molar-refractivity contribution in [2.24, 2.45) is 11.8 Å². The Balaban J connectivity index is 1.27. The molecule has 4 heteroatoms. The fourth-order valence-corrected chi connectivity index (χ4v) is 7.70. The summed E-state index contributed by atoms with van der Waals surface area (Å²) in [5.74, 6) is 3.07. The van der Waals surface area contributed by atoms with E-state index in [0.717, 1.165) is 65.5 Å². The maximum Gasteiger partial charge on any atom is 0.119 e. The van der Waals surface area contributed by atoms with E-state index in [0.29, 0.717) is 11.8 Å². The second kappa shape index (κ2) is 18.2. The Hall–Kier alpha value is -4.41. The minimum atomic E-state index is 0.605. The zero-order valence-corrected chi connectivity index (χ0v) is 31.7. The molecule has 0 bridgehead atoms. The smallest absolute Gasteiger partial charge is 0.119 e. The second-order valence-corrected chi connectivity index (χ2v) is 15.0. The van der Waals surface area contributed by atoms with Gasteiger partial charge in [-0.25, -0.2) is 0 Å². The third-order valence-electron chi connectivity index (χ3n) is 10.1. The maximum atomic E-state index is 6.25. The van der Waals surface area contributed by atoms with Crippen LogP contribution in [0.1, 0.15) is 79.1 Å². The molecule has 6 rings (SSSR count). The van der Waals surface area contributed by atoms with Gasteiger partial charge >= 0.3 is 0 Å². The van der Waals surface area contributed by atoms with E-state index < -0.39 is 0 Å². The highest BCUT2D eigenvalue weighted by Gasteiger charge is 2.12. The van der Waals surface area contributed by atoms with Gasteiger partial charge in [-0.15, -0.1) is 11.3 Å². The summed E-state index contributed by atoms with van der Waals surface area (Å²) in [4.78, 5) is 6.13. The van der Waals surface area contributed by atoms with Gasteiger partial charge < -0.3 is 9.47 Å². The number of nitrogens with zero attached hydrogens (tertiary/aromatic N) is 1. The zero-order valence-electron chi connectivity index (χ0n) is 30.9. The van der Waals surface area contributed by atoms with Crippen molar-refractivity contribution in [3.8, 4) is 55.5 Å². The Kier molecular flexibility index (Phi) is 13.0. The highest BCUT2D eigenvalue weighted by atomic mass is 32.1. The standard InChI is InChI=1S/C47H53NO2S/c1-5-9-13-34(7-3)32-49-43-22-17-36(18-23-43)40-27-41(37-19-24-44(25-20-37)50-33-35(8-4)14-10-6-2)29-42(28-40)39-21-26-45(48-31-39)47-30-38-15-11-12-16-46(38)51-47/h11-12,15-31,34-35H,5-10,13-14,32-33H2,1-4H3. The first-order valence-electron chi connectivity index (χ1n) is 19.1. The van der Waals surface area contributed by atoms with Crippen molar-refractivity contribution >= 4 is 21.4 Å². The molecule has 2 aromatic heterocycles. The van der Waals surface area contributed by atoms with Gasteiger partial charge in [0.25, 0.3) is 0 Å². The Morgan fingerprint density at radius 1 is 0.549 bits per heavy atom. The number of fused-ring (bicyclic) bond motifs is 1. The summed E-state index contributed by atoms with van der Waals surface area (Å²) < 4.78 is 13.8. The summed E-state index contributed by atoms with van der Waals surface area (Å²) in [6.07, 6.45) is 11.8. The average Bonchev–Trinajstić information content (AvgIpc) is 3.63. The molecule has 6 aromatic rings. The van der Waals surface area contributed by atoms with Crippen LogP contribution < -0.4 is 9.47 Å². The topological polar surface area (TPSA) is 31.4 Å². The second-order valence-electron chi connectivity index (χ2n) is 13.9. The number of pyridine rings is 1. The lowest BCUT2D eigenvalue weighted by molar-refractivity contribution is 0.233. The third kappa shape index (κ3) is 9.68. The first-order chi connectivity index (χ1) is 25.1. The van der Waals surface area contributed by atoms with Crippen LogP contribution in [0.5, 0.6) is 11.5 Å². The van der Waals surface area contributed by atoms with Gasteiger partial charge in [0, 0.05) is 16.5 Å². The molecule has 264 valence electrons. The minimum absolute atomic E-state index is 0.605. The van der Waals surface area contributed by atoms with Gasteiger partial charge in [-0.05, 0) is 119 Å². The predicted octanol–water partition coefficient (Wildman–Crippen LogP) is 14.2. The van der Waals surface area contributed by atoms with Gasteiger partial charge in [-0.2, -0.15) is 0 Å². The minimum Gasteiger partial charge on any atom is -0.493 e. The first kappa shape index (κ1) is 36.4. The van der Waals surface area contributed by atoms with E-state index in [1.54, 1.807) is 11.3 Å². The van der Waals surface area contributed by atoms with Gasteiger partial charge in [0.15, 0.2) is 0 Å². The number of aromatic nitrogens is 1. The van der Waals surface area contributed by atoms with Gasteiger partial charge in [0.05, 0.1) is 23.8 Å². The summed E-state index contributed by atoms with van der Waals surface area (Å²) in [5, 5.41) is 1.26. The van der Waals surface area contributed by atoms with Crippen molar-refractivity contribution < 1.29 is 9.47 Å². The monoisotopic (exact) mass is 695 g/mol. The summed E-state index contributed by atoms with van der Waals surface area (Å²) in [5.41, 5.74) is 7.90. The molecule has 0 saturated carbocycles. The highest BCUT2D eigenvalue weighted by Crippen LogP contribution is 2.36. The van der Waals surface area contributed by atoms with Crippen LogP contribution in [-0.4, -0.2) is 18.2 Å². The molecule has 4 aromatic carbocycles. The van der Waals surface area contributed by atoms with Gasteiger partial charge in [-0.3, -0.25) is 4.98 Å². The third-order valence-corrected chi connectivity index (χ3v) is 11.3. The number of ether oxygens (including phenoxy) is 2. The lowest BCUT2D eigenvalue weighted by atomic mass is 9.93. The molecule has 0 fully saturated rings. The van der Waals surface area contributed by atoms with Gasteiger partial charge in [0.2, 0.25) is 0 Å². The normalized spacial score (nSPS) is 12.5. The lowest BCUT2D eigenvalue weighted by Crippen LogP contribution is -2.11. The molecule has 2 atom stereocenters. The Bertz CT molecular complexity index is 1830. The Labute approximate surface area is 309 Å². The Morgan fingerprint density at radius 3 is 1.53 bits per heavy atom. The van der Waals surface area contributed by atoms with Crippen LogP contribution in [0, 0.1) is 11.8 Å². The summed E-state index contributed by atoms with van der Waals surface area (Å²) in [6.45, 7) is 10.6. The van der Waals surface area contributed by atoms with Crippen LogP contribution in [-0.2, 0) is 0 Å². The summed E-state index contributed by atoms with van der Waals surface area (Å²) in [7, 11) is 0. The number of hydrogen-bond acceptors (Lipinski definition) is 4. The van der Waals surface area contributed by atoms with E-state index in [4.69, 9.17) is 14.5 Å². The molecule has 51 heavy (non-hydrogen) atoms. The molecule has 0 aliphatic heterocycles. The van der Waals surface area contributed by atoms with Crippen LogP contribution in [0.15, 0.2) is 115 Å². The van der Waals surface area contributed by atoms with E-state index in [1.807, 2.05) is 6.20 Å². The van der Waals surface area contributed by atoms with E-state index in [2.05, 4.69) is 137 Å². The molecule has 0 spiro atoms. The molecule has 0 aliphatic carbocycles. The molecule has 2 heterocycles. The van der Waals surface area contributed by atoms with E-state index in [1.165, 1.54) is 64.6 Å². The maximum absolute atomic E-state index is 6.25. The van der Waals surface area contributed by atoms with Gasteiger partial charge in [0.1, 0.15) is 11.5 Å². The zero-order chi connectivity index (χ0) is 35.4. The fraction of sp³-hybridized carbons (Fsp3) is 0.340. The number of unbranched alkanes of at least 4 members (excludes halogenated alkanes) is 2. The van der Waals surface area contributed by atoms with E-state index >= 15 is 0 Å². The Morgan fingerprint density at radius 2 is 1.06 bits per heavy atom. The number of hydrogen-bond donors (Lipinski definition) is 0. The fourth-order valence-electron chi connectivity index (χ4n) is 6.66. The highest BCUT2D eigenvalue weighted by molar-refractivity contribution is 7.22. The van der Waals surface area contributed by atoms with Crippen molar-refractivity contribution in [2.45, 2.75) is 79.1 Å². The predicted molar refractivity (Wildman–Crippen MR) is 219 cm³/mol. The van der Waals surface area contributed by atoms with Crippen molar-refractivity contribution in [1.82, 2.24) is 4.98 Å². The number of thiophene rings is 1. The first-order valence-corrected chi connectivity index (χ1v) is 19.9. The lowest BCUT2D eigenvalue weighted by Gasteiger charge is -2.16. The molecular formula is C47H53NO2S. The van der Waals surface area contributed by atoms with Crippen molar-refractivity contribution in [2.75, 3.05) is 13.2 Å². The SMILES string of the molecule is CCCCC(CC)COc1ccc(-c2cc(-c3ccc(OCC(CC)CCCC)cc3)cc(-c3ccc(-c4cc5ccccc5s4)nc3)c2)cc1. The summed E-state index contributed by atoms with van der Waals surface area (Å²) >= 11 is 1.79. The molecular weight excluding hydrogens is 643 g/mol. The van der Waals surface area contributed by atoms with Crippen LogP contribution in [0.25, 0.3) is 54.0 Å². The van der Waals surface area contributed by atoms with Crippen LogP contribution >= 0.6 is 11.3 Å². The van der Waals surface area contributed by atoms with Gasteiger partial charge in [-0.1, -0.05) is 115 Å². The molecule has 0 amide bonds. The molecule has 0 saturated heterocycles. The molecule has 0 aliphatic rings. The largest absolute Gasteiger partial charge is 0.493 e. The van der Waals surface area contributed by atoms with Crippen molar-refractivity contribution in [3.63, 3.8) is 0 Å². The van der Waals surface area contributed by atoms with E-state index in [-0.39, 0.29) is 0 Å². The quantitative estimate of drug-likeness (QED) is 0.0897. The molecule has 0 N–H and O–H groups in total. The number of benzene rings is 4. The molecule has 3 nitrogen and oxygen atoms in total. The van der Waals surface area contributed by atoms with Crippen LogP contribution in [0.3, 0.4) is 0 Å². The van der Waals surface area contributed by atoms with Crippen molar-refractivity contribution in [1.29, 1.82) is 0 Å². The molecule has 0 radical (unpaired) electrons. The molecule has 2 unspecified atom stereocenters. The number of rotatable bonds is 18. The average molecular weight is 696 g/mol. The van der Waals surface area contributed by atoms with Crippen LogP contribution in [0.4, 0.5) is 0 Å². The summed E-state index contributed by atoms with van der Waals surface area (Å²) in [6, 6.07) is 39.2. The van der Waals surface area contributed by atoms with E-state index in [9.17, 15) is 0 Å². The van der Waals surface area contributed by atoms with Crippen molar-refractivity contribution in [3.05, 3.63) is 115 Å². The van der Waals surface area contributed by atoms with Crippen LogP contribution in [0.2, 0.25) is 0 Å².